The summed E-state index contributed by atoms with van der Waals surface area (Å²) in [5.41, 5.74) is 17.4. The summed E-state index contributed by atoms with van der Waals surface area (Å²) in [6.07, 6.45) is 6.31. The molecule has 1 saturated carbocycles. The van der Waals surface area contributed by atoms with Crippen LogP contribution >= 0.6 is 0 Å². The SMILES string of the molecule is Cc1cc(C(c2ccccc2)c2ccccc2)c(N=C2C(=Nc3c(C)cccc3C3CCCCC3)c3cccc4cccc2c34)c(C(c2ccccc2)c2ccccc2)c1. The number of aryl methyl sites for hydroxylation is 2. The lowest BCUT2D eigenvalue weighted by Gasteiger charge is -2.27. The van der Waals surface area contributed by atoms with E-state index in [1.54, 1.807) is 0 Å². The molecule has 0 unspecified atom stereocenters. The third-order valence-corrected chi connectivity index (χ3v) is 12.9. The van der Waals surface area contributed by atoms with E-state index in [9.17, 15) is 0 Å². The van der Waals surface area contributed by atoms with Crippen molar-refractivity contribution in [1.82, 2.24) is 0 Å². The van der Waals surface area contributed by atoms with Gasteiger partial charge in [0.2, 0.25) is 0 Å². The van der Waals surface area contributed by atoms with Crippen LogP contribution in [0.3, 0.4) is 0 Å². The lowest BCUT2D eigenvalue weighted by molar-refractivity contribution is 0.444. The van der Waals surface area contributed by atoms with Crippen molar-refractivity contribution in [2.24, 2.45) is 9.98 Å². The molecule has 60 heavy (non-hydrogen) atoms. The molecule has 2 heteroatoms. The van der Waals surface area contributed by atoms with Crippen LogP contribution in [0.2, 0.25) is 0 Å². The Balaban J connectivity index is 1.31. The maximum absolute atomic E-state index is 6.12. The Morgan fingerprint density at radius 1 is 0.433 bits per heavy atom. The molecule has 2 aliphatic rings. The molecule has 292 valence electrons. The summed E-state index contributed by atoms with van der Waals surface area (Å²) < 4.78 is 0. The minimum atomic E-state index is -0.0631. The van der Waals surface area contributed by atoms with Crippen LogP contribution in [0.25, 0.3) is 10.8 Å². The van der Waals surface area contributed by atoms with Crippen molar-refractivity contribution in [2.75, 3.05) is 0 Å². The van der Waals surface area contributed by atoms with Crippen molar-refractivity contribution < 1.29 is 0 Å². The van der Waals surface area contributed by atoms with Gasteiger partial charge in [0.05, 0.1) is 22.8 Å². The summed E-state index contributed by atoms with van der Waals surface area (Å²) in [6, 6.07) is 68.8. The van der Waals surface area contributed by atoms with Crippen LogP contribution in [0.4, 0.5) is 11.4 Å². The topological polar surface area (TPSA) is 24.7 Å². The number of nitrogens with zero attached hydrogens (tertiary/aromatic N) is 2. The van der Waals surface area contributed by atoms with Gasteiger partial charge < -0.3 is 0 Å². The molecule has 0 N–H and O–H groups in total. The molecule has 2 aliphatic carbocycles. The fourth-order valence-electron chi connectivity index (χ4n) is 10.1. The highest BCUT2D eigenvalue weighted by atomic mass is 14.9. The van der Waals surface area contributed by atoms with E-state index >= 15 is 0 Å². The van der Waals surface area contributed by atoms with E-state index in [2.05, 4.69) is 202 Å². The molecular formula is C58H50N2. The molecule has 0 spiro atoms. The van der Waals surface area contributed by atoms with Crippen molar-refractivity contribution in [3.05, 3.63) is 249 Å². The fraction of sp³-hybridized carbons (Fsp3) is 0.172. The lowest BCUT2D eigenvalue weighted by atomic mass is 9.78. The summed E-state index contributed by atoms with van der Waals surface area (Å²) >= 11 is 0. The number of hydrogen-bond donors (Lipinski definition) is 0. The van der Waals surface area contributed by atoms with Crippen molar-refractivity contribution in [2.45, 2.75) is 63.7 Å². The first-order chi connectivity index (χ1) is 29.6. The van der Waals surface area contributed by atoms with Gasteiger partial charge in [-0.1, -0.05) is 213 Å². The van der Waals surface area contributed by atoms with Crippen LogP contribution in [0.1, 0.15) is 111 Å². The molecule has 2 nitrogen and oxygen atoms in total. The second-order valence-corrected chi connectivity index (χ2v) is 16.8. The maximum atomic E-state index is 6.12. The summed E-state index contributed by atoms with van der Waals surface area (Å²) in [7, 11) is 0. The highest BCUT2D eigenvalue weighted by Gasteiger charge is 2.32. The first kappa shape index (κ1) is 37.6. The largest absolute Gasteiger partial charge is 0.246 e. The van der Waals surface area contributed by atoms with E-state index in [-0.39, 0.29) is 11.8 Å². The third-order valence-electron chi connectivity index (χ3n) is 12.9. The summed E-state index contributed by atoms with van der Waals surface area (Å²) in [5, 5.41) is 2.44. The molecule has 0 amide bonds. The molecule has 0 radical (unpaired) electrons. The molecule has 0 aliphatic heterocycles. The molecule has 0 atom stereocenters. The highest BCUT2D eigenvalue weighted by molar-refractivity contribution is 6.61. The average molecular weight is 775 g/mol. The molecule has 0 aromatic heterocycles. The Morgan fingerprint density at radius 2 is 0.867 bits per heavy atom. The predicted molar refractivity (Wildman–Crippen MR) is 252 cm³/mol. The van der Waals surface area contributed by atoms with Crippen LogP contribution < -0.4 is 0 Å². The molecule has 0 saturated heterocycles. The lowest BCUT2D eigenvalue weighted by Crippen LogP contribution is -2.14. The van der Waals surface area contributed by atoms with Gasteiger partial charge in [-0.05, 0) is 82.5 Å². The second kappa shape index (κ2) is 16.5. The number of rotatable bonds is 9. The monoisotopic (exact) mass is 774 g/mol. The number of para-hydroxylation sites is 1. The first-order valence-electron chi connectivity index (χ1n) is 21.8. The quantitative estimate of drug-likeness (QED) is 0.131. The zero-order valence-electron chi connectivity index (χ0n) is 34.6. The Hall–Kier alpha value is -6.64. The van der Waals surface area contributed by atoms with Gasteiger partial charge >= 0.3 is 0 Å². The molecule has 10 rings (SSSR count). The van der Waals surface area contributed by atoms with E-state index in [1.807, 2.05) is 0 Å². The smallest absolute Gasteiger partial charge is 0.0979 e. The number of benzene rings is 8. The van der Waals surface area contributed by atoms with E-state index in [0.29, 0.717) is 5.92 Å². The number of hydrogen-bond acceptors (Lipinski definition) is 2. The van der Waals surface area contributed by atoms with E-state index in [4.69, 9.17) is 9.98 Å². The zero-order valence-corrected chi connectivity index (χ0v) is 34.6. The molecule has 8 aromatic carbocycles. The normalized spacial score (nSPS) is 15.5. The van der Waals surface area contributed by atoms with Gasteiger partial charge in [0.1, 0.15) is 0 Å². The van der Waals surface area contributed by atoms with E-state index < -0.39 is 0 Å². The van der Waals surface area contributed by atoms with Gasteiger partial charge in [-0.2, -0.15) is 0 Å². The van der Waals surface area contributed by atoms with Crippen LogP contribution in [0.15, 0.2) is 198 Å². The molecule has 0 heterocycles. The van der Waals surface area contributed by atoms with E-state index in [0.717, 1.165) is 33.9 Å². The number of aliphatic imine (C=N–C) groups is 2. The van der Waals surface area contributed by atoms with Gasteiger partial charge in [0, 0.05) is 28.3 Å². The van der Waals surface area contributed by atoms with Crippen molar-refractivity contribution in [3.63, 3.8) is 0 Å². The average Bonchev–Trinajstić information content (AvgIpc) is 3.59. The van der Waals surface area contributed by atoms with Crippen molar-refractivity contribution in [3.8, 4) is 0 Å². The van der Waals surface area contributed by atoms with Gasteiger partial charge in [0.15, 0.2) is 0 Å². The molecule has 1 fully saturated rings. The molecule has 0 bridgehead atoms. The minimum Gasteiger partial charge on any atom is -0.246 e. The summed E-state index contributed by atoms with van der Waals surface area (Å²) in [5.74, 6) is 0.391. The zero-order chi connectivity index (χ0) is 40.4. The van der Waals surface area contributed by atoms with Gasteiger partial charge in [-0.25, -0.2) is 9.98 Å². The Bertz CT molecular complexity index is 2660. The molecule has 8 aromatic rings. The maximum Gasteiger partial charge on any atom is 0.0979 e. The standard InChI is InChI=1S/C58H50N2/c1-39-37-50(52(42-24-10-4-11-25-42)43-26-12-5-13-27-43)56(51(38-39)53(44-28-14-6-15-29-44)45-30-16-7-17-31-45)60-58-49-36-20-33-46-32-19-35-48(54(46)49)57(58)59-55-40(2)21-18-34-47(55)41-22-8-3-9-23-41/h4-7,10-21,24-38,41,52-53H,3,8-9,22-23H2,1-2H3. The van der Waals surface area contributed by atoms with Gasteiger partial charge in [-0.15, -0.1) is 0 Å². The second-order valence-electron chi connectivity index (χ2n) is 16.8. The summed E-state index contributed by atoms with van der Waals surface area (Å²) in [6.45, 7) is 4.48. The fourth-order valence-corrected chi connectivity index (χ4v) is 10.1. The van der Waals surface area contributed by atoms with E-state index in [1.165, 1.54) is 92.9 Å². The minimum absolute atomic E-state index is 0.0631. The Labute approximate surface area is 355 Å². The highest BCUT2D eigenvalue weighted by Crippen LogP contribution is 2.47. The van der Waals surface area contributed by atoms with Crippen molar-refractivity contribution in [1.29, 1.82) is 0 Å². The van der Waals surface area contributed by atoms with Gasteiger partial charge in [-0.3, -0.25) is 0 Å². The Kier molecular flexibility index (Phi) is 10.4. The van der Waals surface area contributed by atoms with Crippen LogP contribution in [-0.2, 0) is 0 Å². The van der Waals surface area contributed by atoms with Crippen molar-refractivity contribution >= 4 is 33.6 Å². The predicted octanol–water partition coefficient (Wildman–Crippen LogP) is 15.1. The third kappa shape index (κ3) is 7.11. The van der Waals surface area contributed by atoms with Crippen LogP contribution in [-0.4, -0.2) is 11.4 Å². The van der Waals surface area contributed by atoms with Gasteiger partial charge in [0.25, 0.3) is 0 Å². The van der Waals surface area contributed by atoms with Crippen LogP contribution in [0.5, 0.6) is 0 Å². The summed E-state index contributed by atoms with van der Waals surface area (Å²) in [4.78, 5) is 12.0. The van der Waals surface area contributed by atoms with Crippen LogP contribution in [0, 0.1) is 13.8 Å². The molecular weight excluding hydrogens is 725 g/mol. The Morgan fingerprint density at radius 3 is 1.33 bits per heavy atom. The first-order valence-corrected chi connectivity index (χ1v) is 21.8.